The lowest BCUT2D eigenvalue weighted by Gasteiger charge is -2.19. The molecule has 140 valence electrons. The quantitative estimate of drug-likeness (QED) is 0.814. The number of nitrogens with zero attached hydrogens (tertiary/aromatic N) is 1. The minimum absolute atomic E-state index is 0.204. The Morgan fingerprint density at radius 1 is 0.815 bits per heavy atom. The second kappa shape index (κ2) is 7.03. The summed E-state index contributed by atoms with van der Waals surface area (Å²) in [6.07, 6.45) is 0. The topological polar surface area (TPSA) is 49.4 Å². The van der Waals surface area contributed by atoms with Gasteiger partial charge in [0.1, 0.15) is 5.70 Å². The molecule has 2 aromatic carbocycles. The predicted molar refractivity (Wildman–Crippen MR) is 109 cm³/mol. The molecule has 0 atom stereocenters. The smallest absolute Gasteiger partial charge is 0.278 e. The summed E-state index contributed by atoms with van der Waals surface area (Å²) in [5, 5.41) is 3.25. The van der Waals surface area contributed by atoms with Crippen LogP contribution in [0.15, 0.2) is 42.1 Å². The van der Waals surface area contributed by atoms with Gasteiger partial charge in [-0.25, -0.2) is 0 Å². The third kappa shape index (κ3) is 3.39. The molecule has 0 spiro atoms. The van der Waals surface area contributed by atoms with Gasteiger partial charge in [0.05, 0.1) is 5.57 Å². The average Bonchev–Trinajstić information content (AvgIpc) is 2.83. The van der Waals surface area contributed by atoms with Gasteiger partial charge in [0.25, 0.3) is 11.8 Å². The van der Waals surface area contributed by atoms with Crippen molar-refractivity contribution >= 4 is 23.1 Å². The molecular formula is C23H26N2O2. The van der Waals surface area contributed by atoms with Crippen LogP contribution < -0.4 is 5.32 Å². The minimum Gasteiger partial charge on any atom is -0.350 e. The monoisotopic (exact) mass is 362 g/mol. The zero-order chi connectivity index (χ0) is 19.9. The highest BCUT2D eigenvalue weighted by molar-refractivity contribution is 6.36. The van der Waals surface area contributed by atoms with Crippen molar-refractivity contribution in [3.63, 3.8) is 0 Å². The maximum absolute atomic E-state index is 13.1. The molecule has 0 aromatic heterocycles. The van der Waals surface area contributed by atoms with Gasteiger partial charge in [0.2, 0.25) is 0 Å². The van der Waals surface area contributed by atoms with Crippen LogP contribution in [0.25, 0.3) is 5.57 Å². The second-order valence-electron chi connectivity index (χ2n) is 7.57. The van der Waals surface area contributed by atoms with E-state index in [4.69, 9.17) is 0 Å². The van der Waals surface area contributed by atoms with E-state index < -0.39 is 0 Å². The average molecular weight is 362 g/mol. The summed E-state index contributed by atoms with van der Waals surface area (Å²) >= 11 is 0. The molecule has 0 aliphatic carbocycles. The first-order valence-electron chi connectivity index (χ1n) is 9.24. The fourth-order valence-corrected chi connectivity index (χ4v) is 3.39. The van der Waals surface area contributed by atoms with E-state index >= 15 is 0 Å². The van der Waals surface area contributed by atoms with E-state index in [-0.39, 0.29) is 17.9 Å². The third-order valence-corrected chi connectivity index (χ3v) is 5.07. The molecule has 0 bridgehead atoms. The largest absolute Gasteiger partial charge is 0.350 e. The number of hydrogen-bond donors (Lipinski definition) is 1. The number of carbonyl (C=O) groups is 2. The number of nitrogens with one attached hydrogen (secondary N) is 1. The van der Waals surface area contributed by atoms with Gasteiger partial charge in [0.15, 0.2) is 0 Å². The Morgan fingerprint density at radius 2 is 1.52 bits per heavy atom. The Kier molecular flexibility index (Phi) is 4.92. The van der Waals surface area contributed by atoms with Gasteiger partial charge >= 0.3 is 0 Å². The normalized spacial score (nSPS) is 14.6. The summed E-state index contributed by atoms with van der Waals surface area (Å²) in [4.78, 5) is 27.5. The van der Waals surface area contributed by atoms with Crippen molar-refractivity contribution in [3.05, 3.63) is 69.9 Å². The molecule has 3 rings (SSSR count). The highest BCUT2D eigenvalue weighted by Gasteiger charge is 2.40. The van der Waals surface area contributed by atoms with E-state index in [2.05, 4.69) is 11.4 Å². The van der Waals surface area contributed by atoms with E-state index in [1.807, 2.05) is 71.9 Å². The molecule has 1 aliphatic heterocycles. The van der Waals surface area contributed by atoms with E-state index in [0.29, 0.717) is 11.3 Å². The van der Waals surface area contributed by atoms with Gasteiger partial charge in [-0.05, 0) is 69.9 Å². The zero-order valence-corrected chi connectivity index (χ0v) is 16.8. The lowest BCUT2D eigenvalue weighted by Crippen LogP contribution is -2.38. The van der Waals surface area contributed by atoms with Crippen LogP contribution >= 0.6 is 0 Å². The number of rotatable bonds is 4. The lowest BCUT2D eigenvalue weighted by molar-refractivity contribution is -0.138. The number of hydrogen-bond acceptors (Lipinski definition) is 3. The fraction of sp³-hybridized carbons (Fsp3) is 0.304. The molecule has 27 heavy (non-hydrogen) atoms. The van der Waals surface area contributed by atoms with Crippen molar-refractivity contribution < 1.29 is 9.59 Å². The molecule has 1 aliphatic rings. The Labute approximate surface area is 160 Å². The molecular weight excluding hydrogens is 336 g/mol. The van der Waals surface area contributed by atoms with Crippen LogP contribution in [0.5, 0.6) is 0 Å². The van der Waals surface area contributed by atoms with Gasteiger partial charge in [-0.15, -0.1) is 0 Å². The van der Waals surface area contributed by atoms with E-state index in [1.165, 1.54) is 4.90 Å². The predicted octanol–water partition coefficient (Wildman–Crippen LogP) is 4.52. The number of carbonyl (C=O) groups excluding carboxylic acids is 2. The van der Waals surface area contributed by atoms with Crippen LogP contribution in [-0.4, -0.2) is 22.8 Å². The standard InChI is InChI=1S/C23H26N2O2/c1-13(2)25-22(26)20(18-9-8-15(4)16(5)12-18)21(23(25)27)24-19-10-7-14(3)11-17(19)6/h7-13,24H,1-6H3. The molecule has 2 amide bonds. The van der Waals surface area contributed by atoms with Crippen molar-refractivity contribution in [2.75, 3.05) is 5.32 Å². The summed E-state index contributed by atoms with van der Waals surface area (Å²) in [5.41, 5.74) is 6.83. The van der Waals surface area contributed by atoms with Crippen LogP contribution in [0.2, 0.25) is 0 Å². The second-order valence-corrected chi connectivity index (χ2v) is 7.57. The number of amides is 2. The van der Waals surface area contributed by atoms with Gasteiger partial charge in [-0.2, -0.15) is 0 Å². The Hall–Kier alpha value is -2.88. The first-order valence-corrected chi connectivity index (χ1v) is 9.24. The summed E-state index contributed by atoms with van der Waals surface area (Å²) < 4.78 is 0. The lowest BCUT2D eigenvalue weighted by atomic mass is 9.99. The van der Waals surface area contributed by atoms with Crippen molar-refractivity contribution in [1.82, 2.24) is 4.90 Å². The molecule has 0 fully saturated rings. The van der Waals surface area contributed by atoms with Crippen molar-refractivity contribution in [2.45, 2.75) is 47.6 Å². The molecule has 0 saturated heterocycles. The van der Waals surface area contributed by atoms with Crippen molar-refractivity contribution in [3.8, 4) is 0 Å². The fourth-order valence-electron chi connectivity index (χ4n) is 3.39. The van der Waals surface area contributed by atoms with Crippen LogP contribution in [0.1, 0.15) is 41.7 Å². The highest BCUT2D eigenvalue weighted by Crippen LogP contribution is 2.33. The molecule has 1 heterocycles. The maximum atomic E-state index is 13.1. The van der Waals surface area contributed by atoms with E-state index in [1.54, 1.807) is 0 Å². The number of aryl methyl sites for hydroxylation is 4. The van der Waals surface area contributed by atoms with Gasteiger partial charge in [-0.1, -0.05) is 35.9 Å². The van der Waals surface area contributed by atoms with Crippen LogP contribution in [0.4, 0.5) is 5.69 Å². The molecule has 4 nitrogen and oxygen atoms in total. The van der Waals surface area contributed by atoms with Gasteiger partial charge < -0.3 is 5.32 Å². The third-order valence-electron chi connectivity index (χ3n) is 5.07. The van der Waals surface area contributed by atoms with Crippen LogP contribution in [-0.2, 0) is 9.59 Å². The molecule has 1 N–H and O–H groups in total. The van der Waals surface area contributed by atoms with Gasteiger partial charge in [-0.3, -0.25) is 14.5 Å². The first-order chi connectivity index (χ1) is 12.7. The molecule has 0 radical (unpaired) electrons. The summed E-state index contributed by atoms with van der Waals surface area (Å²) in [6, 6.07) is 11.7. The number of benzene rings is 2. The van der Waals surface area contributed by atoms with Crippen molar-refractivity contribution in [2.24, 2.45) is 0 Å². The van der Waals surface area contributed by atoms with E-state index in [0.717, 1.165) is 33.5 Å². The highest BCUT2D eigenvalue weighted by atomic mass is 16.2. The number of imide groups is 1. The summed E-state index contributed by atoms with van der Waals surface area (Å²) in [7, 11) is 0. The molecule has 4 heteroatoms. The summed E-state index contributed by atoms with van der Waals surface area (Å²) in [6.45, 7) is 11.8. The minimum atomic E-state index is -0.275. The Bertz CT molecular complexity index is 970. The van der Waals surface area contributed by atoms with Crippen LogP contribution in [0, 0.1) is 27.7 Å². The Balaban J connectivity index is 2.15. The molecule has 2 aromatic rings. The van der Waals surface area contributed by atoms with Crippen molar-refractivity contribution in [1.29, 1.82) is 0 Å². The van der Waals surface area contributed by atoms with Gasteiger partial charge in [0, 0.05) is 11.7 Å². The SMILES string of the molecule is Cc1ccc(NC2=C(c3ccc(C)c(C)c3)C(=O)N(C(C)C)C2=O)c(C)c1. The van der Waals surface area contributed by atoms with Crippen LogP contribution in [0.3, 0.4) is 0 Å². The molecule has 0 saturated carbocycles. The first kappa shape index (κ1) is 18.9. The zero-order valence-electron chi connectivity index (χ0n) is 16.8. The van der Waals surface area contributed by atoms with E-state index in [9.17, 15) is 9.59 Å². The maximum Gasteiger partial charge on any atom is 0.278 e. The summed E-state index contributed by atoms with van der Waals surface area (Å²) in [5.74, 6) is -0.520. The Morgan fingerprint density at radius 3 is 2.11 bits per heavy atom. The number of anilines is 1. The molecule has 0 unspecified atom stereocenters.